The van der Waals surface area contributed by atoms with Gasteiger partial charge in [0.25, 0.3) is 0 Å². The number of amides is 1. The molecule has 136 valence electrons. The molecule has 1 amide bonds. The third kappa shape index (κ3) is 3.16. The van der Waals surface area contributed by atoms with Gasteiger partial charge in [-0.25, -0.2) is 9.78 Å². The van der Waals surface area contributed by atoms with Gasteiger partial charge in [-0.15, -0.1) is 0 Å². The van der Waals surface area contributed by atoms with Crippen LogP contribution in [0.25, 0.3) is 11.3 Å². The molecule has 7 nitrogen and oxygen atoms in total. The molecule has 0 spiro atoms. The summed E-state index contributed by atoms with van der Waals surface area (Å²) in [4.78, 5) is 21.7. The van der Waals surface area contributed by atoms with Gasteiger partial charge in [0.2, 0.25) is 0 Å². The molecule has 3 atom stereocenters. The summed E-state index contributed by atoms with van der Waals surface area (Å²) < 4.78 is 11.2. The monoisotopic (exact) mass is 355 g/mol. The SMILES string of the molecule is COc1ccc(-c2ccnc(OC3C[C@H]4CC[C@@H](C3)N4C(=O)O)n2)cc1. The highest BCUT2D eigenvalue weighted by atomic mass is 16.5. The predicted molar refractivity (Wildman–Crippen MR) is 94.3 cm³/mol. The van der Waals surface area contributed by atoms with Crippen molar-refractivity contribution in [1.29, 1.82) is 0 Å². The number of hydrogen-bond donors (Lipinski definition) is 1. The summed E-state index contributed by atoms with van der Waals surface area (Å²) in [6.07, 6.45) is 4.01. The van der Waals surface area contributed by atoms with Crippen molar-refractivity contribution < 1.29 is 19.4 Å². The Morgan fingerprint density at radius 2 is 1.85 bits per heavy atom. The van der Waals surface area contributed by atoms with Crippen LogP contribution < -0.4 is 9.47 Å². The lowest BCUT2D eigenvalue weighted by atomic mass is 10.0. The Kier molecular flexibility index (Phi) is 4.36. The fraction of sp³-hybridized carbons (Fsp3) is 0.421. The van der Waals surface area contributed by atoms with Crippen LogP contribution in [0.4, 0.5) is 4.79 Å². The Morgan fingerprint density at radius 1 is 1.15 bits per heavy atom. The predicted octanol–water partition coefficient (Wildman–Crippen LogP) is 3.20. The molecule has 0 saturated carbocycles. The molecule has 0 radical (unpaired) electrons. The molecule has 2 aliphatic heterocycles. The van der Waals surface area contributed by atoms with Crippen molar-refractivity contribution in [2.24, 2.45) is 0 Å². The number of fused-ring (bicyclic) bond motifs is 2. The van der Waals surface area contributed by atoms with Crippen LogP contribution in [-0.4, -0.2) is 51.4 Å². The molecule has 4 rings (SSSR count). The van der Waals surface area contributed by atoms with Crippen LogP contribution in [0.3, 0.4) is 0 Å². The van der Waals surface area contributed by atoms with Gasteiger partial charge < -0.3 is 19.5 Å². The molecule has 7 heteroatoms. The molecule has 2 saturated heterocycles. The average molecular weight is 355 g/mol. The van der Waals surface area contributed by atoms with E-state index in [4.69, 9.17) is 9.47 Å². The summed E-state index contributed by atoms with van der Waals surface area (Å²) in [6.45, 7) is 0. The van der Waals surface area contributed by atoms with E-state index in [-0.39, 0.29) is 18.2 Å². The van der Waals surface area contributed by atoms with Gasteiger partial charge >= 0.3 is 12.1 Å². The van der Waals surface area contributed by atoms with Crippen LogP contribution in [0, 0.1) is 0 Å². The number of nitrogens with zero attached hydrogens (tertiary/aromatic N) is 3. The largest absolute Gasteiger partial charge is 0.497 e. The van der Waals surface area contributed by atoms with Gasteiger partial charge in [-0.1, -0.05) is 0 Å². The highest BCUT2D eigenvalue weighted by Gasteiger charge is 2.44. The Hall–Kier alpha value is -2.83. The minimum Gasteiger partial charge on any atom is -0.497 e. The molecule has 0 aliphatic carbocycles. The molecular weight excluding hydrogens is 334 g/mol. The average Bonchev–Trinajstić information content (AvgIpc) is 2.94. The molecule has 1 unspecified atom stereocenters. The van der Waals surface area contributed by atoms with Gasteiger partial charge in [0.15, 0.2) is 0 Å². The number of carbonyl (C=O) groups is 1. The number of benzene rings is 1. The molecular formula is C19H21N3O4. The van der Waals surface area contributed by atoms with Crippen molar-refractivity contribution >= 4 is 6.09 Å². The van der Waals surface area contributed by atoms with E-state index in [1.807, 2.05) is 30.3 Å². The van der Waals surface area contributed by atoms with Gasteiger partial charge in [-0.2, -0.15) is 4.98 Å². The van der Waals surface area contributed by atoms with Crippen LogP contribution >= 0.6 is 0 Å². The fourth-order valence-corrected chi connectivity index (χ4v) is 4.00. The Bertz CT molecular complexity index is 782. The molecule has 2 aliphatic rings. The summed E-state index contributed by atoms with van der Waals surface area (Å²) in [5.41, 5.74) is 1.74. The summed E-state index contributed by atoms with van der Waals surface area (Å²) in [6, 6.07) is 9.92. The molecule has 2 bridgehead atoms. The zero-order valence-corrected chi connectivity index (χ0v) is 14.5. The standard InChI is InChI=1S/C19H21N3O4/c1-25-15-6-2-12(3-7-15)17-8-9-20-18(21-17)26-16-10-13-4-5-14(11-16)22(13)19(23)24/h2-3,6-9,13-14,16H,4-5,10-11H2,1H3,(H,23,24)/t13-,14+,16?. The van der Waals surface area contributed by atoms with Crippen LogP contribution in [0.1, 0.15) is 25.7 Å². The summed E-state index contributed by atoms with van der Waals surface area (Å²) in [5.74, 6) is 0.792. The van der Waals surface area contributed by atoms with E-state index in [2.05, 4.69) is 9.97 Å². The normalized spacial score (nSPS) is 24.3. The number of piperidine rings is 1. The summed E-state index contributed by atoms with van der Waals surface area (Å²) >= 11 is 0. The van der Waals surface area contributed by atoms with Crippen molar-refractivity contribution in [3.63, 3.8) is 0 Å². The second-order valence-electron chi connectivity index (χ2n) is 6.74. The van der Waals surface area contributed by atoms with Crippen LogP contribution in [0.2, 0.25) is 0 Å². The van der Waals surface area contributed by atoms with E-state index in [1.165, 1.54) is 0 Å². The quantitative estimate of drug-likeness (QED) is 0.906. The molecule has 1 aromatic heterocycles. The van der Waals surface area contributed by atoms with Gasteiger partial charge in [-0.3, -0.25) is 0 Å². The maximum Gasteiger partial charge on any atom is 0.407 e. The minimum absolute atomic E-state index is 0.0426. The van der Waals surface area contributed by atoms with E-state index < -0.39 is 6.09 Å². The summed E-state index contributed by atoms with van der Waals surface area (Å²) in [5, 5.41) is 9.35. The highest BCUT2D eigenvalue weighted by molar-refractivity contribution is 5.66. The number of carboxylic acid groups (broad SMARTS) is 1. The second-order valence-corrected chi connectivity index (χ2v) is 6.74. The maximum absolute atomic E-state index is 11.4. The zero-order valence-electron chi connectivity index (χ0n) is 14.5. The number of hydrogen-bond acceptors (Lipinski definition) is 5. The third-order valence-corrected chi connectivity index (χ3v) is 5.20. The Balaban J connectivity index is 1.47. The molecule has 2 aromatic rings. The lowest BCUT2D eigenvalue weighted by Gasteiger charge is -2.36. The Morgan fingerprint density at radius 3 is 2.46 bits per heavy atom. The fourth-order valence-electron chi connectivity index (χ4n) is 4.00. The van der Waals surface area contributed by atoms with Gasteiger partial charge in [0.1, 0.15) is 11.9 Å². The zero-order chi connectivity index (χ0) is 18.1. The third-order valence-electron chi connectivity index (χ3n) is 5.20. The smallest absolute Gasteiger partial charge is 0.407 e. The molecule has 1 N–H and O–H groups in total. The number of rotatable bonds is 4. The van der Waals surface area contributed by atoms with E-state index in [9.17, 15) is 9.90 Å². The number of ether oxygens (including phenoxy) is 2. The van der Waals surface area contributed by atoms with E-state index >= 15 is 0 Å². The van der Waals surface area contributed by atoms with E-state index in [1.54, 1.807) is 18.2 Å². The minimum atomic E-state index is -0.825. The molecule has 3 heterocycles. The lowest BCUT2D eigenvalue weighted by molar-refractivity contribution is 0.0456. The number of aromatic nitrogens is 2. The molecule has 26 heavy (non-hydrogen) atoms. The summed E-state index contributed by atoms with van der Waals surface area (Å²) in [7, 11) is 1.63. The van der Waals surface area contributed by atoms with Gasteiger partial charge in [0.05, 0.1) is 12.8 Å². The van der Waals surface area contributed by atoms with Crippen LogP contribution in [-0.2, 0) is 0 Å². The first-order valence-electron chi connectivity index (χ1n) is 8.79. The Labute approximate surface area is 151 Å². The second kappa shape index (κ2) is 6.82. The first kappa shape index (κ1) is 16.6. The molecule has 2 fully saturated rings. The van der Waals surface area contributed by atoms with Crippen molar-refractivity contribution in [3.05, 3.63) is 36.5 Å². The van der Waals surface area contributed by atoms with Crippen molar-refractivity contribution in [1.82, 2.24) is 14.9 Å². The first-order chi connectivity index (χ1) is 12.6. The van der Waals surface area contributed by atoms with Gasteiger partial charge in [-0.05, 0) is 43.2 Å². The molecule has 1 aromatic carbocycles. The highest BCUT2D eigenvalue weighted by Crippen LogP contribution is 2.37. The van der Waals surface area contributed by atoms with E-state index in [0.717, 1.165) is 29.8 Å². The number of methoxy groups -OCH3 is 1. The van der Waals surface area contributed by atoms with E-state index in [0.29, 0.717) is 18.9 Å². The van der Waals surface area contributed by atoms with Crippen molar-refractivity contribution in [2.45, 2.75) is 43.9 Å². The topological polar surface area (TPSA) is 84.8 Å². The van der Waals surface area contributed by atoms with Crippen molar-refractivity contribution in [3.8, 4) is 23.0 Å². The van der Waals surface area contributed by atoms with Gasteiger partial charge in [0, 0.05) is 36.7 Å². The van der Waals surface area contributed by atoms with Crippen molar-refractivity contribution in [2.75, 3.05) is 7.11 Å². The lowest BCUT2D eigenvalue weighted by Crippen LogP contribution is -2.48. The first-order valence-corrected chi connectivity index (χ1v) is 8.79. The maximum atomic E-state index is 11.4. The van der Waals surface area contributed by atoms with Crippen LogP contribution in [0.5, 0.6) is 11.8 Å². The van der Waals surface area contributed by atoms with Crippen LogP contribution in [0.15, 0.2) is 36.5 Å².